The van der Waals surface area contributed by atoms with Gasteiger partial charge in [-0.1, -0.05) is 12.1 Å². The molecule has 0 heterocycles. The summed E-state index contributed by atoms with van der Waals surface area (Å²) in [6, 6.07) is 11.6. The molecule has 0 radical (unpaired) electrons. The number of ether oxygens (including phenoxy) is 2. The van der Waals surface area contributed by atoms with Crippen molar-refractivity contribution in [1.29, 1.82) is 0 Å². The number of hydrogen-bond donors (Lipinski definition) is 2. The van der Waals surface area contributed by atoms with E-state index in [0.29, 0.717) is 17.0 Å². The van der Waals surface area contributed by atoms with Crippen LogP contribution >= 0.6 is 0 Å². The number of aryl methyl sites for hydroxylation is 1. The molecule has 6 heteroatoms. The number of nitrogens with one attached hydrogen (secondary N) is 1. The van der Waals surface area contributed by atoms with Crippen LogP contribution in [0.25, 0.3) is 0 Å². The molecule has 2 aromatic carbocycles. The highest BCUT2D eigenvalue weighted by atomic mass is 16.5. The average molecular weight is 315 g/mol. The summed E-state index contributed by atoms with van der Waals surface area (Å²) in [7, 11) is 1.56. The van der Waals surface area contributed by atoms with Crippen LogP contribution in [0.1, 0.15) is 15.9 Å². The van der Waals surface area contributed by atoms with Crippen molar-refractivity contribution < 1.29 is 24.2 Å². The van der Waals surface area contributed by atoms with Crippen LogP contribution in [0.4, 0.5) is 5.69 Å². The molecule has 0 aliphatic heterocycles. The third-order valence-corrected chi connectivity index (χ3v) is 3.16. The molecule has 6 nitrogen and oxygen atoms in total. The zero-order valence-corrected chi connectivity index (χ0v) is 12.8. The summed E-state index contributed by atoms with van der Waals surface area (Å²) >= 11 is 0. The number of hydrogen-bond acceptors (Lipinski definition) is 4. The molecule has 0 atom stereocenters. The summed E-state index contributed by atoms with van der Waals surface area (Å²) in [6.07, 6.45) is 0. The minimum absolute atomic E-state index is 0.0299. The van der Waals surface area contributed by atoms with Gasteiger partial charge in [0.2, 0.25) is 0 Å². The molecule has 0 aromatic heterocycles. The minimum atomic E-state index is -1.10. The number of carbonyl (C=O) groups is 2. The fourth-order valence-corrected chi connectivity index (χ4v) is 2.02. The molecule has 2 aromatic rings. The van der Waals surface area contributed by atoms with Crippen molar-refractivity contribution in [2.24, 2.45) is 0 Å². The first-order valence-electron chi connectivity index (χ1n) is 6.91. The van der Waals surface area contributed by atoms with Crippen molar-refractivity contribution >= 4 is 17.6 Å². The molecule has 2 rings (SSSR count). The number of rotatable bonds is 6. The number of amides is 1. The van der Waals surface area contributed by atoms with Gasteiger partial charge in [0.1, 0.15) is 17.1 Å². The SMILES string of the molecule is COc1ccc(NC(=O)COc2c(C)cccc2C(=O)O)cc1. The lowest BCUT2D eigenvalue weighted by molar-refractivity contribution is -0.118. The first-order chi connectivity index (χ1) is 11.0. The molecule has 0 unspecified atom stereocenters. The van der Waals surface area contributed by atoms with Crippen LogP contribution in [-0.2, 0) is 4.79 Å². The molecule has 0 bridgehead atoms. The number of carboxylic acid groups (broad SMARTS) is 1. The van der Waals surface area contributed by atoms with E-state index in [1.165, 1.54) is 6.07 Å². The van der Waals surface area contributed by atoms with Gasteiger partial charge >= 0.3 is 5.97 Å². The van der Waals surface area contributed by atoms with Gasteiger partial charge in [-0.05, 0) is 42.8 Å². The van der Waals surface area contributed by atoms with Gasteiger partial charge in [-0.2, -0.15) is 0 Å². The van der Waals surface area contributed by atoms with Crippen molar-refractivity contribution in [1.82, 2.24) is 0 Å². The van der Waals surface area contributed by atoms with Crippen molar-refractivity contribution in [2.75, 3.05) is 19.0 Å². The van der Waals surface area contributed by atoms with E-state index < -0.39 is 5.97 Å². The molecule has 0 spiro atoms. The molecule has 0 aliphatic rings. The number of benzene rings is 2. The third-order valence-electron chi connectivity index (χ3n) is 3.16. The quantitative estimate of drug-likeness (QED) is 0.856. The Hall–Kier alpha value is -3.02. The maximum absolute atomic E-state index is 11.9. The first kappa shape index (κ1) is 16.4. The fourth-order valence-electron chi connectivity index (χ4n) is 2.02. The highest BCUT2D eigenvalue weighted by Gasteiger charge is 2.14. The number of methoxy groups -OCH3 is 1. The molecule has 0 aliphatic carbocycles. The molecule has 2 N–H and O–H groups in total. The summed E-state index contributed by atoms with van der Waals surface area (Å²) in [5, 5.41) is 11.8. The van der Waals surface area contributed by atoms with Crippen LogP contribution in [0.15, 0.2) is 42.5 Å². The average Bonchev–Trinajstić information content (AvgIpc) is 2.54. The van der Waals surface area contributed by atoms with Gasteiger partial charge in [0.05, 0.1) is 7.11 Å². The molecule has 0 fully saturated rings. The Morgan fingerprint density at radius 3 is 2.43 bits per heavy atom. The predicted octanol–water partition coefficient (Wildman–Crippen LogP) is 2.72. The second-order valence-electron chi connectivity index (χ2n) is 4.82. The zero-order chi connectivity index (χ0) is 16.8. The van der Waals surface area contributed by atoms with Gasteiger partial charge in [-0.3, -0.25) is 4.79 Å². The molecule has 0 saturated carbocycles. The lowest BCUT2D eigenvalue weighted by Gasteiger charge is -2.12. The Morgan fingerprint density at radius 1 is 1.13 bits per heavy atom. The summed E-state index contributed by atoms with van der Waals surface area (Å²) < 4.78 is 10.4. The van der Waals surface area contributed by atoms with Gasteiger partial charge in [0.15, 0.2) is 6.61 Å². The van der Waals surface area contributed by atoms with Crippen LogP contribution in [0.5, 0.6) is 11.5 Å². The topological polar surface area (TPSA) is 84.9 Å². The summed E-state index contributed by atoms with van der Waals surface area (Å²) in [5.41, 5.74) is 1.28. The molecule has 120 valence electrons. The minimum Gasteiger partial charge on any atom is -0.497 e. The lowest BCUT2D eigenvalue weighted by Crippen LogP contribution is -2.21. The fraction of sp³-hybridized carbons (Fsp3) is 0.176. The number of carboxylic acids is 1. The number of carbonyl (C=O) groups excluding carboxylic acids is 1. The predicted molar refractivity (Wildman–Crippen MR) is 85.3 cm³/mol. The van der Waals surface area contributed by atoms with Crippen molar-refractivity contribution in [3.8, 4) is 11.5 Å². The van der Waals surface area contributed by atoms with Crippen LogP contribution in [0.2, 0.25) is 0 Å². The van der Waals surface area contributed by atoms with E-state index >= 15 is 0 Å². The van der Waals surface area contributed by atoms with Crippen molar-refractivity contribution in [2.45, 2.75) is 6.92 Å². The van der Waals surface area contributed by atoms with Crippen LogP contribution in [-0.4, -0.2) is 30.7 Å². The molecular weight excluding hydrogens is 298 g/mol. The van der Waals surface area contributed by atoms with Gasteiger partial charge in [0, 0.05) is 5.69 Å². The van der Waals surface area contributed by atoms with E-state index in [0.717, 1.165) is 0 Å². The number of para-hydroxylation sites is 1. The molecule has 23 heavy (non-hydrogen) atoms. The maximum atomic E-state index is 11.9. The lowest BCUT2D eigenvalue weighted by atomic mass is 10.1. The van der Waals surface area contributed by atoms with E-state index in [1.54, 1.807) is 50.4 Å². The van der Waals surface area contributed by atoms with E-state index in [1.807, 2.05) is 0 Å². The zero-order valence-electron chi connectivity index (χ0n) is 12.8. The van der Waals surface area contributed by atoms with Gasteiger partial charge in [-0.15, -0.1) is 0 Å². The Bertz CT molecular complexity index is 709. The first-order valence-corrected chi connectivity index (χ1v) is 6.91. The number of aromatic carboxylic acids is 1. The van der Waals surface area contributed by atoms with Crippen LogP contribution in [0.3, 0.4) is 0 Å². The summed E-state index contributed by atoms with van der Waals surface area (Å²) in [4.78, 5) is 23.1. The second kappa shape index (κ2) is 7.31. The monoisotopic (exact) mass is 315 g/mol. The Balaban J connectivity index is 2.00. The Labute approximate surface area is 133 Å². The largest absolute Gasteiger partial charge is 0.497 e. The molecule has 0 saturated heterocycles. The van der Waals surface area contributed by atoms with Gasteiger partial charge in [0.25, 0.3) is 5.91 Å². The highest BCUT2D eigenvalue weighted by Crippen LogP contribution is 2.23. The second-order valence-corrected chi connectivity index (χ2v) is 4.82. The highest BCUT2D eigenvalue weighted by molar-refractivity contribution is 5.93. The van der Waals surface area contributed by atoms with Gasteiger partial charge in [-0.25, -0.2) is 4.79 Å². The van der Waals surface area contributed by atoms with Crippen LogP contribution < -0.4 is 14.8 Å². The molecule has 1 amide bonds. The van der Waals surface area contributed by atoms with E-state index in [4.69, 9.17) is 14.6 Å². The molecular formula is C17H17NO5. The Kier molecular flexibility index (Phi) is 5.19. The summed E-state index contributed by atoms with van der Waals surface area (Å²) in [5.74, 6) is -0.593. The van der Waals surface area contributed by atoms with Crippen molar-refractivity contribution in [3.05, 3.63) is 53.6 Å². The number of anilines is 1. The van der Waals surface area contributed by atoms with E-state index in [-0.39, 0.29) is 23.8 Å². The third kappa shape index (κ3) is 4.23. The smallest absolute Gasteiger partial charge is 0.339 e. The van der Waals surface area contributed by atoms with Crippen molar-refractivity contribution in [3.63, 3.8) is 0 Å². The van der Waals surface area contributed by atoms with E-state index in [9.17, 15) is 9.59 Å². The Morgan fingerprint density at radius 2 is 1.83 bits per heavy atom. The normalized spacial score (nSPS) is 10.0. The summed E-state index contributed by atoms with van der Waals surface area (Å²) in [6.45, 7) is 1.44. The van der Waals surface area contributed by atoms with Crippen LogP contribution in [0, 0.1) is 6.92 Å². The standard InChI is InChI=1S/C17H17NO5/c1-11-4-3-5-14(17(20)21)16(11)23-10-15(19)18-12-6-8-13(22-2)9-7-12/h3-9H,10H2,1-2H3,(H,18,19)(H,20,21). The van der Waals surface area contributed by atoms with E-state index in [2.05, 4.69) is 5.32 Å². The van der Waals surface area contributed by atoms with Gasteiger partial charge < -0.3 is 19.9 Å². The maximum Gasteiger partial charge on any atom is 0.339 e.